The highest BCUT2D eigenvalue weighted by molar-refractivity contribution is 6.30. The number of rotatable bonds is 6. The summed E-state index contributed by atoms with van der Waals surface area (Å²) in [6.45, 7) is 0. The first-order valence-corrected chi connectivity index (χ1v) is 6.35. The van der Waals surface area contributed by atoms with Gasteiger partial charge < -0.3 is 14.2 Å². The fourth-order valence-corrected chi connectivity index (χ4v) is 1.96. The molecule has 1 rings (SSSR count). The molecule has 0 aliphatic heterocycles. The molecule has 0 aliphatic carbocycles. The van der Waals surface area contributed by atoms with E-state index in [1.165, 1.54) is 21.3 Å². The quantitative estimate of drug-likeness (QED) is 0.596. The number of halogens is 1. The first-order chi connectivity index (χ1) is 9.53. The normalized spacial score (nSPS) is 12.1. The fraction of sp³-hybridized carbons (Fsp3) is 0.429. The molecule has 0 bridgehead atoms. The zero-order valence-electron chi connectivity index (χ0n) is 11.6. The molecule has 6 heteroatoms. The first-order valence-electron chi connectivity index (χ1n) is 5.97. The van der Waals surface area contributed by atoms with Crippen LogP contribution in [0.15, 0.2) is 24.3 Å². The standard InChI is InChI=1S/C14H17ClO5/c1-18-12(9-4-6-10(15)7-5-9)8-11(13(16)19-2)14(17)20-3/h4-7,11-12H,8H2,1-3H3. The predicted octanol–water partition coefficient (Wildman–Crippen LogP) is 2.38. The van der Waals surface area contributed by atoms with E-state index in [-0.39, 0.29) is 6.42 Å². The molecule has 0 saturated carbocycles. The van der Waals surface area contributed by atoms with Crippen LogP contribution in [0.4, 0.5) is 0 Å². The van der Waals surface area contributed by atoms with Crippen molar-refractivity contribution in [2.75, 3.05) is 21.3 Å². The summed E-state index contributed by atoms with van der Waals surface area (Å²) in [4.78, 5) is 23.3. The maximum Gasteiger partial charge on any atom is 0.320 e. The summed E-state index contributed by atoms with van der Waals surface area (Å²) >= 11 is 5.82. The molecule has 5 nitrogen and oxygen atoms in total. The second-order valence-corrected chi connectivity index (χ2v) is 4.55. The average molecular weight is 301 g/mol. The Bertz CT molecular complexity index is 441. The summed E-state index contributed by atoms with van der Waals surface area (Å²) in [7, 11) is 3.95. The lowest BCUT2D eigenvalue weighted by molar-refractivity contribution is -0.160. The summed E-state index contributed by atoms with van der Waals surface area (Å²) in [5, 5.41) is 0.598. The van der Waals surface area contributed by atoms with Gasteiger partial charge in [-0.25, -0.2) is 0 Å². The van der Waals surface area contributed by atoms with Crippen LogP contribution in [0.5, 0.6) is 0 Å². The van der Waals surface area contributed by atoms with Crippen molar-refractivity contribution < 1.29 is 23.8 Å². The highest BCUT2D eigenvalue weighted by Gasteiger charge is 2.32. The Morgan fingerprint density at radius 1 is 1.05 bits per heavy atom. The number of ether oxygens (including phenoxy) is 3. The van der Waals surface area contributed by atoms with Gasteiger partial charge in [0, 0.05) is 18.6 Å². The minimum absolute atomic E-state index is 0.136. The molecule has 1 aromatic carbocycles. The summed E-state index contributed by atoms with van der Waals surface area (Å²) in [5.41, 5.74) is 0.815. The van der Waals surface area contributed by atoms with Crippen molar-refractivity contribution in [3.63, 3.8) is 0 Å². The molecule has 0 aliphatic rings. The molecule has 1 atom stereocenters. The van der Waals surface area contributed by atoms with E-state index in [0.29, 0.717) is 5.02 Å². The van der Waals surface area contributed by atoms with Crippen LogP contribution in [-0.4, -0.2) is 33.3 Å². The lowest BCUT2D eigenvalue weighted by Gasteiger charge is -2.20. The van der Waals surface area contributed by atoms with E-state index >= 15 is 0 Å². The molecule has 0 radical (unpaired) electrons. The Hall–Kier alpha value is -1.59. The molecular weight excluding hydrogens is 284 g/mol. The Kier molecular flexibility index (Phi) is 6.48. The van der Waals surface area contributed by atoms with Crippen LogP contribution in [0.3, 0.4) is 0 Å². The van der Waals surface area contributed by atoms with Gasteiger partial charge >= 0.3 is 11.9 Å². The van der Waals surface area contributed by atoms with Gasteiger partial charge in [0.15, 0.2) is 5.92 Å². The summed E-state index contributed by atoms with van der Waals surface area (Å²) < 4.78 is 14.6. The molecule has 0 N–H and O–H groups in total. The van der Waals surface area contributed by atoms with Gasteiger partial charge in [0.2, 0.25) is 0 Å². The summed E-state index contributed by atoms with van der Waals surface area (Å²) in [6.07, 6.45) is -0.298. The second kappa shape index (κ2) is 7.87. The third kappa shape index (κ3) is 4.21. The molecule has 1 aromatic rings. The van der Waals surface area contributed by atoms with E-state index in [1.807, 2.05) is 0 Å². The number of hydrogen-bond acceptors (Lipinski definition) is 5. The zero-order chi connectivity index (χ0) is 15.1. The van der Waals surface area contributed by atoms with E-state index in [4.69, 9.17) is 16.3 Å². The molecule has 1 unspecified atom stereocenters. The van der Waals surface area contributed by atoms with E-state index in [2.05, 4.69) is 9.47 Å². The topological polar surface area (TPSA) is 61.8 Å². The number of benzene rings is 1. The van der Waals surface area contributed by atoms with Crippen molar-refractivity contribution in [3.05, 3.63) is 34.9 Å². The van der Waals surface area contributed by atoms with Gasteiger partial charge in [-0.1, -0.05) is 23.7 Å². The van der Waals surface area contributed by atoms with Crippen LogP contribution in [0, 0.1) is 5.92 Å². The lowest BCUT2D eigenvalue weighted by Crippen LogP contribution is -2.28. The minimum atomic E-state index is -1.02. The highest BCUT2D eigenvalue weighted by Crippen LogP contribution is 2.27. The third-order valence-electron chi connectivity index (χ3n) is 2.95. The number of hydrogen-bond donors (Lipinski definition) is 0. The molecule has 0 aromatic heterocycles. The molecule has 0 heterocycles. The zero-order valence-corrected chi connectivity index (χ0v) is 12.3. The van der Waals surface area contributed by atoms with E-state index < -0.39 is 24.0 Å². The maximum atomic E-state index is 11.6. The number of carbonyl (C=O) groups excluding carboxylic acids is 2. The molecule has 0 saturated heterocycles. The monoisotopic (exact) mass is 300 g/mol. The average Bonchev–Trinajstić information content (AvgIpc) is 2.48. The van der Waals surface area contributed by atoms with E-state index in [1.54, 1.807) is 24.3 Å². The fourth-order valence-electron chi connectivity index (χ4n) is 1.83. The van der Waals surface area contributed by atoms with Crippen LogP contribution in [-0.2, 0) is 23.8 Å². The van der Waals surface area contributed by atoms with Gasteiger partial charge in [0.05, 0.1) is 20.3 Å². The van der Waals surface area contributed by atoms with Crippen LogP contribution < -0.4 is 0 Å². The Balaban J connectivity index is 2.91. The highest BCUT2D eigenvalue weighted by atomic mass is 35.5. The van der Waals surface area contributed by atoms with Crippen molar-refractivity contribution in [3.8, 4) is 0 Å². The van der Waals surface area contributed by atoms with Crippen molar-refractivity contribution in [1.29, 1.82) is 0 Å². The van der Waals surface area contributed by atoms with Crippen molar-refractivity contribution >= 4 is 23.5 Å². The van der Waals surface area contributed by atoms with Crippen molar-refractivity contribution in [2.24, 2.45) is 5.92 Å². The third-order valence-corrected chi connectivity index (χ3v) is 3.20. The van der Waals surface area contributed by atoms with Crippen molar-refractivity contribution in [1.82, 2.24) is 0 Å². The molecule has 110 valence electrons. The summed E-state index contributed by atoms with van der Waals surface area (Å²) in [6, 6.07) is 6.99. The number of esters is 2. The van der Waals surface area contributed by atoms with Crippen LogP contribution >= 0.6 is 11.6 Å². The minimum Gasteiger partial charge on any atom is -0.468 e. The predicted molar refractivity (Wildman–Crippen MR) is 73.3 cm³/mol. The van der Waals surface area contributed by atoms with Crippen LogP contribution in [0.2, 0.25) is 5.02 Å². The van der Waals surface area contributed by atoms with Crippen LogP contribution in [0.25, 0.3) is 0 Å². The van der Waals surface area contributed by atoms with Gasteiger partial charge in [0.25, 0.3) is 0 Å². The summed E-state index contributed by atoms with van der Waals surface area (Å²) in [5.74, 6) is -2.31. The Labute approximate surface area is 122 Å². The first kappa shape index (κ1) is 16.5. The molecule has 0 amide bonds. The number of methoxy groups -OCH3 is 3. The van der Waals surface area contributed by atoms with Crippen LogP contribution in [0.1, 0.15) is 18.1 Å². The second-order valence-electron chi connectivity index (χ2n) is 4.11. The number of carbonyl (C=O) groups is 2. The molecule has 0 fully saturated rings. The smallest absolute Gasteiger partial charge is 0.320 e. The Morgan fingerprint density at radius 3 is 1.95 bits per heavy atom. The molecular formula is C14H17ClO5. The Morgan fingerprint density at radius 2 is 1.55 bits per heavy atom. The van der Waals surface area contributed by atoms with Gasteiger partial charge in [-0.3, -0.25) is 9.59 Å². The van der Waals surface area contributed by atoms with Gasteiger partial charge in [0.1, 0.15) is 0 Å². The van der Waals surface area contributed by atoms with Gasteiger partial charge in [-0.05, 0) is 17.7 Å². The molecule has 0 spiro atoms. The van der Waals surface area contributed by atoms with E-state index in [0.717, 1.165) is 5.56 Å². The van der Waals surface area contributed by atoms with E-state index in [9.17, 15) is 9.59 Å². The largest absolute Gasteiger partial charge is 0.468 e. The van der Waals surface area contributed by atoms with Gasteiger partial charge in [-0.2, -0.15) is 0 Å². The maximum absolute atomic E-state index is 11.6. The lowest BCUT2D eigenvalue weighted by atomic mass is 9.96. The molecule has 20 heavy (non-hydrogen) atoms. The van der Waals surface area contributed by atoms with Gasteiger partial charge in [-0.15, -0.1) is 0 Å². The SMILES string of the molecule is COC(=O)C(CC(OC)c1ccc(Cl)cc1)C(=O)OC. The van der Waals surface area contributed by atoms with Crippen molar-refractivity contribution in [2.45, 2.75) is 12.5 Å².